The quantitative estimate of drug-likeness (QED) is 0.898. The second kappa shape index (κ2) is 5.84. The molecule has 0 bridgehead atoms. The zero-order chi connectivity index (χ0) is 15.6. The first kappa shape index (κ1) is 14.6. The lowest BCUT2D eigenvalue weighted by molar-refractivity contribution is -0.127. The molecule has 3 nitrogen and oxygen atoms in total. The van der Waals surface area contributed by atoms with Gasteiger partial charge in [0.25, 0.3) is 0 Å². The second-order valence-corrected chi connectivity index (χ2v) is 5.83. The van der Waals surface area contributed by atoms with Crippen LogP contribution in [0.1, 0.15) is 26.7 Å². The average Bonchev–Trinajstić information content (AvgIpc) is 2.70. The van der Waals surface area contributed by atoms with Gasteiger partial charge in [0, 0.05) is 12.2 Å². The van der Waals surface area contributed by atoms with Gasteiger partial charge in [0.2, 0.25) is 5.91 Å². The first-order valence-corrected chi connectivity index (χ1v) is 7.94. The standard InChI is InChI=1S/C19H22N2O/c1-3-19(4-2)14-20-16-12-8-9-13-17(16)21(18(19)22)15-10-6-5-7-11-15/h5-13,20H,3-4,14H2,1-2H3. The lowest BCUT2D eigenvalue weighted by Gasteiger charge is -2.33. The molecule has 114 valence electrons. The molecule has 0 saturated carbocycles. The minimum atomic E-state index is -0.366. The number of para-hydroxylation sites is 3. The third kappa shape index (κ3) is 2.27. The highest BCUT2D eigenvalue weighted by molar-refractivity contribution is 6.07. The molecule has 1 amide bonds. The van der Waals surface area contributed by atoms with Crippen LogP contribution in [-0.4, -0.2) is 12.5 Å². The van der Waals surface area contributed by atoms with E-state index in [1.807, 2.05) is 59.5 Å². The van der Waals surface area contributed by atoms with Gasteiger partial charge in [-0.3, -0.25) is 9.69 Å². The third-order valence-corrected chi connectivity index (χ3v) is 4.79. The number of benzene rings is 2. The van der Waals surface area contributed by atoms with Gasteiger partial charge < -0.3 is 5.32 Å². The van der Waals surface area contributed by atoms with Crippen LogP contribution in [0.5, 0.6) is 0 Å². The smallest absolute Gasteiger partial charge is 0.239 e. The molecule has 2 aromatic carbocycles. The number of rotatable bonds is 3. The van der Waals surface area contributed by atoms with E-state index in [9.17, 15) is 4.79 Å². The van der Waals surface area contributed by atoms with Gasteiger partial charge in [0.1, 0.15) is 0 Å². The Balaban J connectivity index is 2.19. The fourth-order valence-corrected chi connectivity index (χ4v) is 3.14. The van der Waals surface area contributed by atoms with Crippen LogP contribution in [0.25, 0.3) is 0 Å². The van der Waals surface area contributed by atoms with E-state index < -0.39 is 0 Å². The summed E-state index contributed by atoms with van der Waals surface area (Å²) >= 11 is 0. The van der Waals surface area contributed by atoms with Gasteiger partial charge in [-0.25, -0.2) is 0 Å². The number of fused-ring (bicyclic) bond motifs is 1. The van der Waals surface area contributed by atoms with E-state index in [2.05, 4.69) is 19.2 Å². The van der Waals surface area contributed by atoms with Crippen LogP contribution in [0.15, 0.2) is 54.6 Å². The first-order chi connectivity index (χ1) is 10.7. The number of hydrogen-bond acceptors (Lipinski definition) is 2. The Kier molecular flexibility index (Phi) is 3.88. The minimum Gasteiger partial charge on any atom is -0.382 e. The third-order valence-electron chi connectivity index (χ3n) is 4.79. The van der Waals surface area contributed by atoms with Crippen molar-refractivity contribution in [3.05, 3.63) is 54.6 Å². The molecule has 0 aliphatic carbocycles. The number of anilines is 3. The number of carbonyl (C=O) groups is 1. The summed E-state index contributed by atoms with van der Waals surface area (Å²) in [5.41, 5.74) is 2.51. The van der Waals surface area contributed by atoms with Crippen molar-refractivity contribution in [3.8, 4) is 0 Å². The van der Waals surface area contributed by atoms with E-state index in [1.165, 1.54) is 0 Å². The zero-order valence-corrected chi connectivity index (χ0v) is 13.2. The lowest BCUT2D eigenvalue weighted by atomic mass is 9.81. The van der Waals surface area contributed by atoms with E-state index in [-0.39, 0.29) is 11.3 Å². The van der Waals surface area contributed by atoms with Gasteiger partial charge >= 0.3 is 0 Å². The topological polar surface area (TPSA) is 32.3 Å². The highest BCUT2D eigenvalue weighted by Gasteiger charge is 2.41. The molecular weight excluding hydrogens is 272 g/mol. The molecule has 3 heteroatoms. The van der Waals surface area contributed by atoms with Gasteiger partial charge in [-0.1, -0.05) is 44.2 Å². The molecule has 0 radical (unpaired) electrons. The molecule has 1 aliphatic rings. The van der Waals surface area contributed by atoms with Crippen molar-refractivity contribution in [1.82, 2.24) is 0 Å². The maximum Gasteiger partial charge on any atom is 0.239 e. The molecule has 1 aliphatic heterocycles. The first-order valence-electron chi connectivity index (χ1n) is 7.94. The van der Waals surface area contributed by atoms with Gasteiger partial charge in [0.05, 0.1) is 16.8 Å². The van der Waals surface area contributed by atoms with Crippen molar-refractivity contribution in [2.24, 2.45) is 5.41 Å². The molecule has 2 aromatic rings. The Morgan fingerprint density at radius 1 is 1.00 bits per heavy atom. The van der Waals surface area contributed by atoms with Crippen molar-refractivity contribution in [2.45, 2.75) is 26.7 Å². The molecule has 3 rings (SSSR count). The van der Waals surface area contributed by atoms with E-state index in [4.69, 9.17) is 0 Å². The van der Waals surface area contributed by atoms with E-state index in [1.54, 1.807) is 0 Å². The number of nitrogens with one attached hydrogen (secondary N) is 1. The Bertz CT molecular complexity index is 662. The number of carbonyl (C=O) groups excluding carboxylic acids is 1. The van der Waals surface area contributed by atoms with E-state index in [0.717, 1.165) is 29.9 Å². The maximum atomic E-state index is 13.4. The van der Waals surface area contributed by atoms with Crippen molar-refractivity contribution in [1.29, 1.82) is 0 Å². The molecule has 0 saturated heterocycles. The van der Waals surface area contributed by atoms with Crippen molar-refractivity contribution >= 4 is 23.0 Å². The highest BCUT2D eigenvalue weighted by Crippen LogP contribution is 2.41. The van der Waals surface area contributed by atoms with Gasteiger partial charge in [-0.15, -0.1) is 0 Å². The molecule has 1 heterocycles. The van der Waals surface area contributed by atoms with Crippen LogP contribution in [0, 0.1) is 5.41 Å². The molecule has 0 atom stereocenters. The van der Waals surface area contributed by atoms with Crippen LogP contribution >= 0.6 is 0 Å². The summed E-state index contributed by atoms with van der Waals surface area (Å²) in [6.45, 7) is 4.88. The summed E-state index contributed by atoms with van der Waals surface area (Å²) in [6.07, 6.45) is 1.65. The monoisotopic (exact) mass is 294 g/mol. The van der Waals surface area contributed by atoms with Crippen LogP contribution < -0.4 is 10.2 Å². The minimum absolute atomic E-state index is 0.182. The normalized spacial score (nSPS) is 16.6. The molecule has 0 spiro atoms. The molecule has 22 heavy (non-hydrogen) atoms. The Hall–Kier alpha value is -2.29. The van der Waals surface area contributed by atoms with Gasteiger partial charge in [-0.2, -0.15) is 0 Å². The number of hydrogen-bond donors (Lipinski definition) is 1. The predicted octanol–water partition coefficient (Wildman–Crippen LogP) is 4.58. The summed E-state index contributed by atoms with van der Waals surface area (Å²) in [5, 5.41) is 3.49. The van der Waals surface area contributed by atoms with Crippen molar-refractivity contribution in [2.75, 3.05) is 16.8 Å². The summed E-state index contributed by atoms with van der Waals surface area (Å²) in [6, 6.07) is 18.0. The van der Waals surface area contributed by atoms with E-state index >= 15 is 0 Å². The van der Waals surface area contributed by atoms with Crippen LogP contribution in [0.4, 0.5) is 17.1 Å². The lowest BCUT2D eigenvalue weighted by Crippen LogP contribution is -2.43. The fraction of sp³-hybridized carbons (Fsp3) is 0.316. The summed E-state index contributed by atoms with van der Waals surface area (Å²) in [7, 11) is 0. The molecule has 0 fully saturated rings. The van der Waals surface area contributed by atoms with E-state index in [0.29, 0.717) is 6.54 Å². The van der Waals surface area contributed by atoms with Crippen molar-refractivity contribution in [3.63, 3.8) is 0 Å². The SMILES string of the molecule is CCC1(CC)CNc2ccccc2N(c2ccccc2)C1=O. The maximum absolute atomic E-state index is 13.4. The average molecular weight is 294 g/mol. The number of nitrogens with zero attached hydrogens (tertiary/aromatic N) is 1. The summed E-state index contributed by atoms with van der Waals surface area (Å²) in [5.74, 6) is 0.182. The van der Waals surface area contributed by atoms with Crippen LogP contribution in [0.3, 0.4) is 0 Å². The molecule has 0 aromatic heterocycles. The van der Waals surface area contributed by atoms with Crippen LogP contribution in [-0.2, 0) is 4.79 Å². The second-order valence-electron chi connectivity index (χ2n) is 5.83. The van der Waals surface area contributed by atoms with Crippen molar-refractivity contribution < 1.29 is 4.79 Å². The summed E-state index contributed by atoms with van der Waals surface area (Å²) in [4.78, 5) is 15.3. The zero-order valence-electron chi connectivity index (χ0n) is 13.2. The molecule has 0 unspecified atom stereocenters. The Labute approximate surface area is 132 Å². The summed E-state index contributed by atoms with van der Waals surface area (Å²) < 4.78 is 0. The number of amides is 1. The van der Waals surface area contributed by atoms with Gasteiger partial charge in [0.15, 0.2) is 0 Å². The highest BCUT2D eigenvalue weighted by atomic mass is 16.2. The molecule has 1 N–H and O–H groups in total. The van der Waals surface area contributed by atoms with Gasteiger partial charge in [-0.05, 0) is 37.1 Å². The molecular formula is C19H22N2O. The Morgan fingerprint density at radius 3 is 2.32 bits per heavy atom. The fourth-order valence-electron chi connectivity index (χ4n) is 3.14. The largest absolute Gasteiger partial charge is 0.382 e. The van der Waals surface area contributed by atoms with Crippen LogP contribution in [0.2, 0.25) is 0 Å². The Morgan fingerprint density at radius 2 is 1.64 bits per heavy atom. The predicted molar refractivity (Wildman–Crippen MR) is 91.5 cm³/mol.